The summed E-state index contributed by atoms with van der Waals surface area (Å²) in [6.45, 7) is 7.62. The molecule has 1 aromatic heterocycles. The van der Waals surface area contributed by atoms with Gasteiger partial charge in [-0.25, -0.2) is 8.78 Å². The molecule has 2 N–H and O–H groups in total. The topological polar surface area (TPSA) is 101 Å². The van der Waals surface area contributed by atoms with Crippen LogP contribution in [0.4, 0.5) is 8.78 Å². The second-order valence-electron chi connectivity index (χ2n) is 9.82. The molecular formula is C25H29F2N3O5. The van der Waals surface area contributed by atoms with Crippen LogP contribution in [0.15, 0.2) is 29.2 Å². The zero-order valence-electron chi connectivity index (χ0n) is 20.1. The lowest BCUT2D eigenvalue weighted by Crippen LogP contribution is -2.63. The van der Waals surface area contributed by atoms with E-state index in [-0.39, 0.29) is 41.6 Å². The van der Waals surface area contributed by atoms with Crippen molar-refractivity contribution in [3.8, 4) is 5.75 Å². The fraction of sp³-hybridized carbons (Fsp3) is 0.480. The van der Waals surface area contributed by atoms with Crippen LogP contribution in [0.5, 0.6) is 5.75 Å². The molecule has 1 spiro atoms. The zero-order chi connectivity index (χ0) is 25.7. The standard InChI is InChI=1S/C25H29F2N3O5/c1-13(2)29-12-25(8-17(9-25)35-14(3)4)30-11-18(21(31)22(32)20(30)24(29)34)23(33)28-10-15-5-6-16(26)7-19(15)27/h5-7,11,13-14,17,32H,8-10,12H2,1-4H3,(H,28,33)/t17-,25+. The summed E-state index contributed by atoms with van der Waals surface area (Å²) < 4.78 is 34.5. The molecule has 1 saturated carbocycles. The summed E-state index contributed by atoms with van der Waals surface area (Å²) in [7, 11) is 0. The summed E-state index contributed by atoms with van der Waals surface area (Å²) in [6.07, 6.45) is 2.33. The second kappa shape index (κ2) is 9.07. The van der Waals surface area contributed by atoms with Crippen molar-refractivity contribution in [1.29, 1.82) is 0 Å². The van der Waals surface area contributed by atoms with Gasteiger partial charge in [-0.2, -0.15) is 0 Å². The number of aromatic hydroxyl groups is 1. The molecule has 0 bridgehead atoms. The van der Waals surface area contributed by atoms with E-state index in [4.69, 9.17) is 4.74 Å². The summed E-state index contributed by atoms with van der Waals surface area (Å²) in [5.41, 5.74) is -2.12. The molecule has 0 saturated heterocycles. The second-order valence-corrected chi connectivity index (χ2v) is 9.82. The van der Waals surface area contributed by atoms with Crippen molar-refractivity contribution in [2.45, 2.75) is 70.9 Å². The molecule has 10 heteroatoms. The highest BCUT2D eigenvalue weighted by Crippen LogP contribution is 2.46. The Balaban J connectivity index is 1.70. The highest BCUT2D eigenvalue weighted by molar-refractivity contribution is 5.99. The Morgan fingerprint density at radius 1 is 1.23 bits per heavy atom. The molecule has 4 rings (SSSR count). The van der Waals surface area contributed by atoms with Gasteiger partial charge in [-0.05, 0) is 46.6 Å². The SMILES string of the molecule is CC(C)O[C@H]1C[C@]2(CN(C(C)C)C(=O)c3c(O)c(=O)c(C(=O)NCc4ccc(F)cc4F)cn32)C1. The maximum absolute atomic E-state index is 13.9. The first-order valence-electron chi connectivity index (χ1n) is 11.6. The minimum absolute atomic E-state index is 0.0128. The van der Waals surface area contributed by atoms with Gasteiger partial charge in [-0.1, -0.05) is 6.07 Å². The predicted octanol–water partition coefficient (Wildman–Crippen LogP) is 2.91. The summed E-state index contributed by atoms with van der Waals surface area (Å²) >= 11 is 0. The molecule has 8 nitrogen and oxygen atoms in total. The van der Waals surface area contributed by atoms with Gasteiger partial charge in [0.15, 0.2) is 11.4 Å². The lowest BCUT2D eigenvalue weighted by atomic mass is 9.71. The third-order valence-electron chi connectivity index (χ3n) is 6.62. The number of halogens is 2. The number of hydrogen-bond acceptors (Lipinski definition) is 5. The van der Waals surface area contributed by atoms with Crippen molar-refractivity contribution in [1.82, 2.24) is 14.8 Å². The van der Waals surface area contributed by atoms with Crippen molar-refractivity contribution in [2.24, 2.45) is 0 Å². The van der Waals surface area contributed by atoms with E-state index in [1.165, 1.54) is 12.3 Å². The molecular weight excluding hydrogens is 460 g/mol. The average Bonchev–Trinajstić information content (AvgIpc) is 2.75. The fourth-order valence-electron chi connectivity index (χ4n) is 4.89. The first-order valence-corrected chi connectivity index (χ1v) is 11.6. The monoisotopic (exact) mass is 489 g/mol. The van der Waals surface area contributed by atoms with Gasteiger partial charge in [0.25, 0.3) is 11.8 Å². The van der Waals surface area contributed by atoms with Crippen molar-refractivity contribution in [3.63, 3.8) is 0 Å². The summed E-state index contributed by atoms with van der Waals surface area (Å²) in [6, 6.07) is 2.79. The largest absolute Gasteiger partial charge is 0.503 e. The van der Waals surface area contributed by atoms with Crippen LogP contribution >= 0.6 is 0 Å². The number of amides is 2. The van der Waals surface area contributed by atoms with E-state index in [1.807, 2.05) is 27.7 Å². The Hall–Kier alpha value is -3.27. The van der Waals surface area contributed by atoms with Crippen LogP contribution in [0.2, 0.25) is 0 Å². The van der Waals surface area contributed by atoms with Crippen molar-refractivity contribution in [2.75, 3.05) is 6.54 Å². The molecule has 0 unspecified atom stereocenters. The molecule has 2 amide bonds. The number of benzene rings is 1. The molecule has 35 heavy (non-hydrogen) atoms. The molecule has 0 atom stereocenters. The Bertz CT molecular complexity index is 1230. The van der Waals surface area contributed by atoms with E-state index >= 15 is 0 Å². The zero-order valence-corrected chi connectivity index (χ0v) is 20.1. The van der Waals surface area contributed by atoms with E-state index in [2.05, 4.69) is 5.32 Å². The molecule has 1 aliphatic carbocycles. The van der Waals surface area contributed by atoms with E-state index < -0.39 is 40.2 Å². The summed E-state index contributed by atoms with van der Waals surface area (Å²) in [5, 5.41) is 13.2. The van der Waals surface area contributed by atoms with Crippen LogP contribution in [0.1, 0.15) is 66.9 Å². The molecule has 1 aliphatic heterocycles. The van der Waals surface area contributed by atoms with E-state index in [1.54, 1.807) is 9.47 Å². The van der Waals surface area contributed by atoms with Gasteiger partial charge in [0.1, 0.15) is 17.2 Å². The summed E-state index contributed by atoms with van der Waals surface area (Å²) in [5.74, 6) is -3.71. The fourth-order valence-corrected chi connectivity index (χ4v) is 4.89. The number of carbonyl (C=O) groups is 2. The van der Waals surface area contributed by atoms with Crippen LogP contribution in [0.25, 0.3) is 0 Å². The highest BCUT2D eigenvalue weighted by Gasteiger charge is 2.53. The Kier molecular flexibility index (Phi) is 6.44. The van der Waals surface area contributed by atoms with Crippen molar-refractivity contribution < 1.29 is 28.2 Å². The number of carbonyl (C=O) groups excluding carboxylic acids is 2. The number of ether oxygens (including phenoxy) is 1. The Morgan fingerprint density at radius 2 is 1.91 bits per heavy atom. The van der Waals surface area contributed by atoms with Gasteiger partial charge < -0.3 is 24.6 Å². The van der Waals surface area contributed by atoms with Crippen LogP contribution in [-0.2, 0) is 16.8 Å². The van der Waals surface area contributed by atoms with Gasteiger partial charge >= 0.3 is 0 Å². The molecule has 2 aliphatic rings. The predicted molar refractivity (Wildman–Crippen MR) is 123 cm³/mol. The lowest BCUT2D eigenvalue weighted by molar-refractivity contribution is -0.110. The lowest BCUT2D eigenvalue weighted by Gasteiger charge is -2.55. The number of hydrogen-bond donors (Lipinski definition) is 2. The van der Waals surface area contributed by atoms with Crippen LogP contribution in [0, 0.1) is 11.6 Å². The third-order valence-corrected chi connectivity index (χ3v) is 6.62. The van der Waals surface area contributed by atoms with Gasteiger partial charge in [0.2, 0.25) is 5.43 Å². The van der Waals surface area contributed by atoms with Crippen LogP contribution < -0.4 is 10.7 Å². The maximum atomic E-state index is 13.9. The van der Waals surface area contributed by atoms with E-state index in [0.29, 0.717) is 25.5 Å². The van der Waals surface area contributed by atoms with Crippen molar-refractivity contribution in [3.05, 3.63) is 63.1 Å². The molecule has 0 radical (unpaired) electrons. The van der Waals surface area contributed by atoms with Gasteiger partial charge in [-0.15, -0.1) is 0 Å². The van der Waals surface area contributed by atoms with Gasteiger partial charge in [-0.3, -0.25) is 14.4 Å². The quantitative estimate of drug-likeness (QED) is 0.650. The number of pyridine rings is 1. The molecule has 2 aromatic rings. The minimum Gasteiger partial charge on any atom is -0.503 e. The van der Waals surface area contributed by atoms with E-state index in [0.717, 1.165) is 6.07 Å². The maximum Gasteiger partial charge on any atom is 0.274 e. The van der Waals surface area contributed by atoms with Gasteiger partial charge in [0, 0.05) is 37.0 Å². The molecule has 188 valence electrons. The first-order chi connectivity index (χ1) is 16.4. The minimum atomic E-state index is -0.989. The Labute approximate surface area is 201 Å². The van der Waals surface area contributed by atoms with Crippen LogP contribution in [0.3, 0.4) is 0 Å². The molecule has 2 heterocycles. The number of nitrogens with zero attached hydrogens (tertiary/aromatic N) is 2. The average molecular weight is 490 g/mol. The molecule has 1 aromatic carbocycles. The Morgan fingerprint density at radius 3 is 2.51 bits per heavy atom. The van der Waals surface area contributed by atoms with Gasteiger partial charge in [0.05, 0.1) is 17.7 Å². The third kappa shape index (κ3) is 4.42. The van der Waals surface area contributed by atoms with Crippen molar-refractivity contribution >= 4 is 11.8 Å². The van der Waals surface area contributed by atoms with E-state index in [9.17, 15) is 28.3 Å². The summed E-state index contributed by atoms with van der Waals surface area (Å²) in [4.78, 5) is 40.6. The number of nitrogens with one attached hydrogen (secondary N) is 1. The number of aromatic nitrogens is 1. The highest BCUT2D eigenvalue weighted by atomic mass is 19.1. The number of rotatable bonds is 6. The van der Waals surface area contributed by atoms with Crippen LogP contribution in [-0.4, -0.2) is 51.2 Å². The normalized spacial score (nSPS) is 21.4. The first kappa shape index (κ1) is 24.8. The molecule has 1 fully saturated rings. The number of fused-ring (bicyclic) bond motifs is 2. The smallest absolute Gasteiger partial charge is 0.274 e.